The molecule has 7 amide bonds. The van der Waals surface area contributed by atoms with Crippen LogP contribution in [0.3, 0.4) is 0 Å². The monoisotopic (exact) mass is 1760 g/mol. The van der Waals surface area contributed by atoms with Crippen LogP contribution in [-0.2, 0) is 66.2 Å². The van der Waals surface area contributed by atoms with E-state index in [4.69, 9.17) is 57.4 Å². The quantitative estimate of drug-likeness (QED) is 0.0404. The summed E-state index contributed by atoms with van der Waals surface area (Å²) in [5.41, 5.74) is 2.25. The number of aromatic hydroxyl groups is 3. The van der Waals surface area contributed by atoms with Gasteiger partial charge in [0.05, 0.1) is 46.4 Å². The molecule has 14 rings (SSSR count). The highest BCUT2D eigenvalue weighted by Crippen LogP contribution is 2.51. The Balaban J connectivity index is 0.994. The average Bonchev–Trinajstić information content (AvgIpc) is 1.08. The number of ether oxygens (including phenoxy) is 7. The van der Waals surface area contributed by atoms with E-state index in [-0.39, 0.29) is 64.3 Å². The van der Waals surface area contributed by atoms with E-state index in [1.165, 1.54) is 49.0 Å². The number of alkyl halides is 3. The molecule has 2 fully saturated rings. The summed E-state index contributed by atoms with van der Waals surface area (Å²) >= 11 is 14.3. The number of ketones is 2. The van der Waals surface area contributed by atoms with Gasteiger partial charge in [-0.25, -0.2) is 9.59 Å². The summed E-state index contributed by atoms with van der Waals surface area (Å²) in [7, 11) is 1.54. The van der Waals surface area contributed by atoms with E-state index in [1.54, 1.807) is 13.8 Å². The molecular formula is C82H89Cl2F3N10O26. The SMILES string of the molecule is CC[C@H](CC(C)C)C(=O)N[C@H]1C(=O)CC(CC(N)=O)C(=O)NC2C(=O)C[C@H]3C(=O)N[C@H](C(=O)N[C@@H](C(=O)O)c4cc(O)cc(O)c4-c4cc3ccc4O)[C@H](O)c3ccc(c(Cl)c3)Oc3cc2cc(c3O[C@@H]2O[C@H](CO)[C@@H](O)[C@H](O)[C@H]2O[C@H]2C[C@](C)(NCc3cc(NC(=O)Nc4ccc(OC(F)(F)F)cc4)nn3C)[C@H](O)[C@H](C)O2)Oc2ccc(cc2Cl)[C@H]1O. The topological polar surface area (TPSA) is 549 Å². The van der Waals surface area contributed by atoms with Crippen LogP contribution < -0.4 is 61.9 Å². The lowest BCUT2D eigenvalue weighted by Gasteiger charge is -2.48. The van der Waals surface area contributed by atoms with Gasteiger partial charge >= 0.3 is 18.4 Å². The van der Waals surface area contributed by atoms with Gasteiger partial charge in [0.15, 0.2) is 47.3 Å². The first-order chi connectivity index (χ1) is 58.1. The molecule has 36 nitrogen and oxygen atoms in total. The smallest absolute Gasteiger partial charge is 0.508 e. The summed E-state index contributed by atoms with van der Waals surface area (Å²) in [6.45, 7) is 7.39. The molecule has 2 saturated heterocycles. The van der Waals surface area contributed by atoms with Crippen LogP contribution in [0.5, 0.6) is 51.7 Å². The van der Waals surface area contributed by atoms with Crippen molar-refractivity contribution in [3.63, 3.8) is 0 Å². The second-order valence-corrected chi connectivity index (χ2v) is 31.9. The molecule has 0 saturated carbocycles. The number of rotatable bonds is 19. The highest BCUT2D eigenvalue weighted by Gasteiger charge is 2.53. The normalized spacial score (nSPS) is 26.4. The van der Waals surface area contributed by atoms with Gasteiger partial charge in [-0.1, -0.05) is 62.2 Å². The predicted octanol–water partition coefficient (Wildman–Crippen LogP) is 6.63. The molecule has 7 aliphatic heterocycles. The molecule has 11 bridgehead atoms. The summed E-state index contributed by atoms with van der Waals surface area (Å²) in [6.07, 6.45) is -26.1. The van der Waals surface area contributed by atoms with Gasteiger partial charge in [-0.2, -0.15) is 5.10 Å². The fraction of sp³-hybridized carbons (Fsp3) is 0.415. The van der Waals surface area contributed by atoms with Gasteiger partial charge in [0, 0.05) is 85.2 Å². The number of aliphatic hydroxyl groups is 6. The minimum absolute atomic E-state index is 0.0104. The number of carboxylic acids is 1. The molecule has 2 unspecified atom stereocenters. The first-order valence-corrected chi connectivity index (χ1v) is 39.5. The number of primary amides is 1. The number of aliphatic hydroxyl groups excluding tert-OH is 6. The number of benzene rings is 6. The Kier molecular flexibility index (Phi) is 27.5. The third-order valence-electron chi connectivity index (χ3n) is 21.8. The van der Waals surface area contributed by atoms with Crippen molar-refractivity contribution >= 4 is 87.8 Å². The van der Waals surface area contributed by atoms with Gasteiger partial charge in [-0.3, -0.25) is 43.6 Å². The standard InChI is InChI=1S/C82H89Cl2F3N10O26/c1-7-35(18-33(2)3)74(110)94-65-52(102)22-40(25-59(88)104)75(111)92-63-39-23-56(118-54-16-9-37(67(65)105)20-48(54)83)71(57(24-39)119-55-17-10-38(21-49(55)84)68(106)66-77(113)93-64(78(114)115)47-27-43(99)28-51(101)62(47)46-19-36(8-15-50(46)100)45(29-53(63)103)76(112)95-66)122-79-72(70(108)69(107)58(32-98)120-79)121-61-30-81(5,73(109)34(4)117-61)89-31-42-26-60(96-97(42)6)91-80(116)90-41-11-13-44(14-12-41)123-82(85,86)87/h8-17,19-21,23-24,26-28,33-35,40,45,58,61,63-70,72-73,79,89,98-101,105-109H,7,18,22,25,29-32H2,1-6H3,(H2,88,104)(H,92,111)(H,93,113)(H,94,110)(H,95,112)(H,114,115)(H2,90,91,96,116)/t34-,35+,40?,45+,58+,61-,63?,64+,65-,66-,67+,68+,69+,70-,72+,73+,79-,81-/m0/s1. The number of nitrogens with two attached hydrogens (primary N) is 1. The lowest BCUT2D eigenvalue weighted by molar-refractivity contribution is -0.334. The number of phenols is 3. The van der Waals surface area contributed by atoms with E-state index in [0.29, 0.717) is 12.1 Å². The van der Waals surface area contributed by atoms with Gasteiger partial charge in [0.25, 0.3) is 0 Å². The Bertz CT molecular complexity index is 5220. The molecular weight excluding hydrogens is 1670 g/mol. The number of hydrogen-bond donors (Lipinski definition) is 18. The van der Waals surface area contributed by atoms with Gasteiger partial charge < -0.3 is 122 Å². The molecule has 7 aliphatic rings. The van der Waals surface area contributed by atoms with Crippen LogP contribution >= 0.6 is 23.2 Å². The maximum atomic E-state index is 16.4. The first kappa shape index (κ1) is 90.8. The Morgan fingerprint density at radius 3 is 2.01 bits per heavy atom. The fourth-order valence-corrected chi connectivity index (χ4v) is 15.9. The molecule has 41 heteroatoms. The molecule has 6 aromatic carbocycles. The van der Waals surface area contributed by atoms with Crippen molar-refractivity contribution < 1.29 is 141 Å². The number of carbonyl (C=O) groups excluding carboxylic acids is 8. The molecule has 7 aromatic rings. The number of Topliss-reactive ketones (excluding diaryl/α,β-unsaturated/α-hetero) is 2. The van der Waals surface area contributed by atoms with Gasteiger partial charge in [-0.05, 0) is 134 Å². The molecule has 0 radical (unpaired) electrons. The zero-order valence-electron chi connectivity index (χ0n) is 66.3. The highest BCUT2D eigenvalue weighted by atomic mass is 35.5. The Hall–Kier alpha value is -11.5. The number of carbonyl (C=O) groups is 9. The molecule has 1 aromatic heterocycles. The summed E-state index contributed by atoms with van der Waals surface area (Å²) in [5, 5.41) is 139. The number of halogens is 5. The van der Waals surface area contributed by atoms with Crippen LogP contribution in [0.25, 0.3) is 11.1 Å². The van der Waals surface area contributed by atoms with Gasteiger partial charge in [0.2, 0.25) is 41.6 Å². The number of urea groups is 1. The molecule has 19 N–H and O–H groups in total. The predicted molar refractivity (Wildman–Crippen MR) is 425 cm³/mol. The molecule has 0 aliphatic carbocycles. The zero-order chi connectivity index (χ0) is 89.3. The van der Waals surface area contributed by atoms with Crippen molar-refractivity contribution in [2.24, 2.45) is 30.5 Å². The second kappa shape index (κ2) is 37.3. The van der Waals surface area contributed by atoms with E-state index in [2.05, 4.69) is 47.1 Å². The van der Waals surface area contributed by atoms with Gasteiger partial charge in [-0.15, -0.1) is 13.2 Å². The van der Waals surface area contributed by atoms with E-state index >= 15 is 19.2 Å². The third kappa shape index (κ3) is 20.6. The zero-order valence-corrected chi connectivity index (χ0v) is 67.8. The molecule has 123 heavy (non-hydrogen) atoms. The number of nitrogens with one attached hydrogen (secondary N) is 7. The van der Waals surface area contributed by atoms with Crippen molar-refractivity contribution in [3.8, 4) is 62.9 Å². The Morgan fingerprint density at radius 2 is 1.40 bits per heavy atom. The van der Waals surface area contributed by atoms with Crippen molar-refractivity contribution in [2.45, 2.75) is 183 Å². The molecule has 658 valence electrons. The van der Waals surface area contributed by atoms with Crippen LogP contribution in [0.15, 0.2) is 109 Å². The maximum Gasteiger partial charge on any atom is 0.573 e. The number of aromatic nitrogens is 2. The van der Waals surface area contributed by atoms with Gasteiger partial charge in [0.1, 0.15) is 83.1 Å². The number of hydrogen-bond acceptors (Lipinski definition) is 27. The molecule has 0 spiro atoms. The van der Waals surface area contributed by atoms with E-state index in [9.17, 15) is 88.2 Å². The summed E-state index contributed by atoms with van der Waals surface area (Å²) in [4.78, 5) is 132. The minimum Gasteiger partial charge on any atom is -0.508 e. The number of aryl methyl sites for hydroxylation is 1. The number of nitrogens with zero attached hydrogens (tertiary/aromatic N) is 2. The number of amides is 7. The number of anilines is 2. The minimum atomic E-state index is -4.95. The maximum absolute atomic E-state index is 16.4. The average molecular weight is 1760 g/mol. The highest BCUT2D eigenvalue weighted by molar-refractivity contribution is 6.32. The summed E-state index contributed by atoms with van der Waals surface area (Å²) in [5.74, 6) is -20.3. The van der Waals surface area contributed by atoms with Crippen LogP contribution in [0.4, 0.5) is 29.5 Å². The van der Waals surface area contributed by atoms with E-state index < -0.39 is 267 Å². The number of carboxylic acid groups (broad SMARTS) is 1. The number of fused-ring (bicyclic) bond motifs is 15. The molecule has 18 atom stereocenters. The van der Waals surface area contributed by atoms with Crippen molar-refractivity contribution in [1.82, 2.24) is 36.4 Å². The second-order valence-electron chi connectivity index (χ2n) is 31.1. The summed E-state index contributed by atoms with van der Waals surface area (Å²) < 4.78 is 83.1. The lowest BCUT2D eigenvalue weighted by Crippen LogP contribution is -2.65. The number of aliphatic carboxylic acids is 1. The summed E-state index contributed by atoms with van der Waals surface area (Å²) in [6, 6.07) is 10.1. The third-order valence-corrected chi connectivity index (χ3v) is 22.4. The Morgan fingerprint density at radius 1 is 0.748 bits per heavy atom. The van der Waals surface area contributed by atoms with Crippen molar-refractivity contribution in [1.29, 1.82) is 0 Å². The van der Waals surface area contributed by atoms with E-state index in [1.807, 2.05) is 13.8 Å². The largest absolute Gasteiger partial charge is 0.573 e. The first-order valence-electron chi connectivity index (χ1n) is 38.7. The Labute approximate surface area is 708 Å². The lowest BCUT2D eigenvalue weighted by atomic mass is 9.84. The van der Waals surface area contributed by atoms with E-state index in [0.717, 1.165) is 78.9 Å². The van der Waals surface area contributed by atoms with Crippen LogP contribution in [0, 0.1) is 17.8 Å². The number of phenolic OH excluding ortho intramolecular Hbond substituents is 3. The van der Waals surface area contributed by atoms with Crippen LogP contribution in [0.2, 0.25) is 10.0 Å². The van der Waals surface area contributed by atoms with Crippen molar-refractivity contribution in [3.05, 3.63) is 153 Å². The fourth-order valence-electron chi connectivity index (χ4n) is 15.4. The van der Waals surface area contributed by atoms with Crippen molar-refractivity contribution in [2.75, 3.05) is 17.2 Å². The van der Waals surface area contributed by atoms with Crippen LogP contribution in [0.1, 0.15) is 137 Å². The molecule has 8 heterocycles. The van der Waals surface area contributed by atoms with Crippen LogP contribution in [-0.4, -0.2) is 194 Å².